The lowest BCUT2D eigenvalue weighted by Gasteiger charge is -2.54. The Morgan fingerprint density at radius 1 is 1.50 bits per heavy atom. The van der Waals surface area contributed by atoms with Crippen LogP contribution in [-0.2, 0) is 9.47 Å². The molecule has 1 amide bonds. The Morgan fingerprint density at radius 2 is 2.25 bits per heavy atom. The van der Waals surface area contributed by atoms with Gasteiger partial charge in [-0.1, -0.05) is 51.0 Å². The van der Waals surface area contributed by atoms with Crippen LogP contribution in [0.1, 0.15) is 47.5 Å². The van der Waals surface area contributed by atoms with E-state index >= 15 is 0 Å². The van der Waals surface area contributed by atoms with Crippen molar-refractivity contribution in [2.75, 3.05) is 19.8 Å². The number of carbonyl (C=O) groups is 1. The van der Waals surface area contributed by atoms with Crippen molar-refractivity contribution in [1.29, 1.82) is 0 Å². The van der Waals surface area contributed by atoms with E-state index in [1.165, 1.54) is 5.57 Å². The molecule has 4 nitrogen and oxygen atoms in total. The number of alkyl carbamates (subject to hydrolysis) is 1. The van der Waals surface area contributed by atoms with Gasteiger partial charge >= 0.3 is 6.09 Å². The number of nitrogens with one attached hydrogen (secondary N) is 1. The van der Waals surface area contributed by atoms with Crippen molar-refractivity contribution in [2.45, 2.75) is 53.6 Å². The molecular weight excluding hydrogens is 302 g/mol. The maximum atomic E-state index is 12.0. The summed E-state index contributed by atoms with van der Waals surface area (Å²) in [6.07, 6.45) is 8.41. The lowest BCUT2D eigenvalue weighted by atomic mass is 9.56. The number of carbonyl (C=O) groups excluding carboxylic acids is 1. The molecule has 24 heavy (non-hydrogen) atoms. The highest BCUT2D eigenvalue weighted by Gasteiger charge is 2.53. The van der Waals surface area contributed by atoms with Crippen LogP contribution in [0.25, 0.3) is 0 Å². The predicted octanol–water partition coefficient (Wildman–Crippen LogP) is 4.32. The van der Waals surface area contributed by atoms with E-state index in [-0.39, 0.29) is 17.6 Å². The number of allylic oxidation sites excluding steroid dienone is 2. The summed E-state index contributed by atoms with van der Waals surface area (Å²) >= 11 is 0. The molecule has 136 valence electrons. The number of ether oxygens (including phenoxy) is 2. The summed E-state index contributed by atoms with van der Waals surface area (Å²) in [5.74, 6) is 1.10. The number of unbranched alkanes of at least 4 members (excludes halogenated alkanes) is 1. The standard InChI is InChI=1S/C20H33NO3/c1-6-8-10-21-19(22)24-13-20-12-23-17(9-7-2)18(16(20)5)14(3)11-15(20)4/h7,9,11,15-18H,6,8,10,12-13H2,1-5H3,(H,21,22)/t15?,16-,17?,18?,20-/m1/s1. The minimum atomic E-state index is -0.310. The normalized spacial score (nSPS) is 35.6. The molecule has 3 unspecified atom stereocenters. The van der Waals surface area contributed by atoms with Gasteiger partial charge < -0.3 is 14.8 Å². The predicted molar refractivity (Wildman–Crippen MR) is 96.8 cm³/mol. The van der Waals surface area contributed by atoms with Crippen LogP contribution >= 0.6 is 0 Å². The molecule has 5 atom stereocenters. The van der Waals surface area contributed by atoms with Crippen LogP contribution < -0.4 is 5.32 Å². The van der Waals surface area contributed by atoms with Gasteiger partial charge in [0.25, 0.3) is 0 Å². The van der Waals surface area contributed by atoms with Crippen molar-refractivity contribution < 1.29 is 14.3 Å². The molecule has 2 aliphatic rings. The molecule has 4 heteroatoms. The van der Waals surface area contributed by atoms with E-state index in [9.17, 15) is 4.79 Å². The van der Waals surface area contributed by atoms with Crippen LogP contribution in [0.5, 0.6) is 0 Å². The third kappa shape index (κ3) is 3.69. The summed E-state index contributed by atoms with van der Waals surface area (Å²) in [6, 6.07) is 0. The fraction of sp³-hybridized carbons (Fsp3) is 0.750. The number of hydrogen-bond acceptors (Lipinski definition) is 3. The topological polar surface area (TPSA) is 47.6 Å². The zero-order valence-corrected chi connectivity index (χ0v) is 15.8. The van der Waals surface area contributed by atoms with Crippen LogP contribution in [0.3, 0.4) is 0 Å². The highest BCUT2D eigenvalue weighted by molar-refractivity contribution is 5.67. The first-order valence-electron chi connectivity index (χ1n) is 9.29. The molecule has 0 spiro atoms. The number of amides is 1. The summed E-state index contributed by atoms with van der Waals surface area (Å²) in [6.45, 7) is 12.6. The van der Waals surface area contributed by atoms with Crippen LogP contribution in [0.15, 0.2) is 23.8 Å². The van der Waals surface area contributed by atoms with E-state index in [0.717, 1.165) is 12.8 Å². The van der Waals surface area contributed by atoms with Gasteiger partial charge in [-0.15, -0.1) is 0 Å². The minimum absolute atomic E-state index is 0.125. The van der Waals surface area contributed by atoms with Gasteiger partial charge in [-0.3, -0.25) is 0 Å². The minimum Gasteiger partial charge on any atom is -0.449 e. The van der Waals surface area contributed by atoms with E-state index in [1.54, 1.807) is 0 Å². The molecule has 0 aromatic rings. The van der Waals surface area contributed by atoms with E-state index < -0.39 is 0 Å². The number of hydrogen-bond donors (Lipinski definition) is 1. The SMILES string of the molecule is CC=CC1OC[C@@]2(COC(=O)NCCCC)C(C)C=C(C)C1[C@H]2C. The molecule has 1 N–H and O–H groups in total. The lowest BCUT2D eigenvalue weighted by molar-refractivity contribution is -0.149. The third-order valence-corrected chi connectivity index (χ3v) is 5.94. The second-order valence-corrected chi connectivity index (χ2v) is 7.40. The molecule has 0 aromatic heterocycles. The van der Waals surface area contributed by atoms with Crippen LogP contribution in [0, 0.1) is 23.2 Å². The molecule has 1 aliphatic heterocycles. The molecule has 0 saturated carbocycles. The van der Waals surface area contributed by atoms with E-state index in [0.29, 0.717) is 37.5 Å². The first-order chi connectivity index (χ1) is 11.5. The van der Waals surface area contributed by atoms with Crippen molar-refractivity contribution in [3.8, 4) is 0 Å². The highest BCUT2D eigenvalue weighted by Crippen LogP contribution is 2.52. The monoisotopic (exact) mass is 335 g/mol. The molecule has 2 bridgehead atoms. The van der Waals surface area contributed by atoms with Gasteiger partial charge in [0.05, 0.1) is 12.7 Å². The van der Waals surface area contributed by atoms with Gasteiger partial charge in [0, 0.05) is 17.9 Å². The second kappa shape index (κ2) is 8.19. The fourth-order valence-electron chi connectivity index (χ4n) is 4.29. The summed E-state index contributed by atoms with van der Waals surface area (Å²) in [4.78, 5) is 12.0. The maximum Gasteiger partial charge on any atom is 0.407 e. The quantitative estimate of drug-likeness (QED) is 0.581. The Labute approximate surface area is 146 Å². The zero-order chi connectivity index (χ0) is 17.7. The Hall–Kier alpha value is -1.29. The van der Waals surface area contributed by atoms with Gasteiger partial charge in [-0.05, 0) is 32.1 Å². The molecule has 1 saturated heterocycles. The largest absolute Gasteiger partial charge is 0.449 e. The second-order valence-electron chi connectivity index (χ2n) is 7.40. The molecule has 1 heterocycles. The third-order valence-electron chi connectivity index (χ3n) is 5.94. The summed E-state index contributed by atoms with van der Waals surface area (Å²) < 4.78 is 11.8. The first kappa shape index (κ1) is 19.0. The molecule has 2 rings (SSSR count). The Bertz CT molecular complexity index is 499. The van der Waals surface area contributed by atoms with Gasteiger partial charge in [0.2, 0.25) is 0 Å². The summed E-state index contributed by atoms with van der Waals surface area (Å²) in [5, 5.41) is 2.83. The number of fused-ring (bicyclic) bond motifs is 2. The van der Waals surface area contributed by atoms with E-state index in [4.69, 9.17) is 9.47 Å². The lowest BCUT2D eigenvalue weighted by Crippen LogP contribution is -2.56. The van der Waals surface area contributed by atoms with Gasteiger partial charge in [-0.2, -0.15) is 0 Å². The van der Waals surface area contributed by atoms with Crippen molar-refractivity contribution in [1.82, 2.24) is 5.32 Å². The number of rotatable bonds is 6. The average molecular weight is 335 g/mol. The maximum absolute atomic E-state index is 12.0. The van der Waals surface area contributed by atoms with Crippen molar-refractivity contribution in [2.24, 2.45) is 23.2 Å². The Morgan fingerprint density at radius 3 is 2.92 bits per heavy atom. The van der Waals surface area contributed by atoms with Gasteiger partial charge in [0.15, 0.2) is 0 Å². The molecular formula is C20H33NO3. The smallest absolute Gasteiger partial charge is 0.407 e. The van der Waals surface area contributed by atoms with E-state index in [2.05, 4.69) is 51.2 Å². The van der Waals surface area contributed by atoms with Gasteiger partial charge in [0.1, 0.15) is 6.61 Å². The Kier molecular flexibility index (Phi) is 6.50. The molecule has 0 aromatic carbocycles. The summed E-state index contributed by atoms with van der Waals surface area (Å²) in [5.41, 5.74) is 1.26. The molecule has 1 aliphatic carbocycles. The van der Waals surface area contributed by atoms with E-state index in [1.807, 2.05) is 6.92 Å². The average Bonchev–Trinajstić information content (AvgIpc) is 2.53. The zero-order valence-electron chi connectivity index (χ0n) is 15.8. The van der Waals surface area contributed by atoms with Crippen LogP contribution in [-0.4, -0.2) is 32.0 Å². The van der Waals surface area contributed by atoms with Crippen molar-refractivity contribution in [3.05, 3.63) is 23.8 Å². The van der Waals surface area contributed by atoms with Crippen LogP contribution in [0.4, 0.5) is 4.79 Å². The summed E-state index contributed by atoms with van der Waals surface area (Å²) in [7, 11) is 0. The highest BCUT2D eigenvalue weighted by atomic mass is 16.6. The first-order valence-corrected chi connectivity index (χ1v) is 9.29. The van der Waals surface area contributed by atoms with Gasteiger partial charge in [-0.25, -0.2) is 4.79 Å². The Balaban J connectivity index is 2.09. The van der Waals surface area contributed by atoms with Crippen molar-refractivity contribution >= 4 is 6.09 Å². The van der Waals surface area contributed by atoms with Crippen molar-refractivity contribution in [3.63, 3.8) is 0 Å². The molecule has 1 fully saturated rings. The fourth-order valence-corrected chi connectivity index (χ4v) is 4.29. The molecule has 0 radical (unpaired) electrons. The van der Waals surface area contributed by atoms with Crippen LogP contribution in [0.2, 0.25) is 0 Å².